The van der Waals surface area contributed by atoms with Crippen molar-refractivity contribution in [2.45, 2.75) is 12.1 Å². The van der Waals surface area contributed by atoms with E-state index in [2.05, 4.69) is 5.32 Å². The van der Waals surface area contributed by atoms with Crippen molar-refractivity contribution in [2.75, 3.05) is 31.5 Å². The first kappa shape index (κ1) is 22.9. The van der Waals surface area contributed by atoms with E-state index in [1.54, 1.807) is 71.6 Å². The molecular weight excluding hydrogens is 449 g/mol. The second-order valence-corrected chi connectivity index (χ2v) is 8.74. The molecule has 2 heterocycles. The van der Waals surface area contributed by atoms with E-state index in [1.807, 2.05) is 0 Å². The Hall–Kier alpha value is -3.88. The number of hydrogen-bond donors (Lipinski definition) is 2. The summed E-state index contributed by atoms with van der Waals surface area (Å²) in [5, 5.41) is 13.3. The van der Waals surface area contributed by atoms with Crippen LogP contribution in [0.15, 0.2) is 72.8 Å². The van der Waals surface area contributed by atoms with Gasteiger partial charge in [-0.25, -0.2) is 4.39 Å². The van der Waals surface area contributed by atoms with Crippen molar-refractivity contribution in [3.63, 3.8) is 0 Å². The molecule has 8 heteroatoms. The minimum atomic E-state index is -1.32. The van der Waals surface area contributed by atoms with Gasteiger partial charge in [0.15, 0.2) is 11.9 Å². The van der Waals surface area contributed by atoms with E-state index >= 15 is 0 Å². The molecule has 0 aliphatic carbocycles. The number of amides is 2. The fourth-order valence-corrected chi connectivity index (χ4v) is 4.64. The number of anilines is 1. The number of ketones is 1. The molecular formula is C27H24FN3O4. The van der Waals surface area contributed by atoms with E-state index in [1.165, 1.54) is 11.0 Å². The van der Waals surface area contributed by atoms with Crippen molar-refractivity contribution < 1.29 is 23.9 Å². The van der Waals surface area contributed by atoms with Crippen LogP contribution in [-0.4, -0.2) is 64.7 Å². The van der Waals surface area contributed by atoms with Gasteiger partial charge in [0.05, 0.1) is 12.2 Å². The minimum absolute atomic E-state index is 0.00488. The molecule has 2 amide bonds. The van der Waals surface area contributed by atoms with E-state index in [-0.39, 0.29) is 31.3 Å². The highest BCUT2D eigenvalue weighted by atomic mass is 19.1. The Kier molecular flexibility index (Phi) is 6.15. The number of carbonyl (C=O) groups is 3. The van der Waals surface area contributed by atoms with Gasteiger partial charge in [0.1, 0.15) is 11.9 Å². The normalized spacial score (nSPS) is 19.1. The molecule has 2 atom stereocenters. The van der Waals surface area contributed by atoms with Gasteiger partial charge >= 0.3 is 0 Å². The van der Waals surface area contributed by atoms with Crippen LogP contribution in [0, 0.1) is 5.82 Å². The summed E-state index contributed by atoms with van der Waals surface area (Å²) >= 11 is 0. The van der Waals surface area contributed by atoms with Crippen LogP contribution in [-0.2, 0) is 9.59 Å². The number of nitrogens with one attached hydrogen (secondary N) is 1. The highest BCUT2D eigenvalue weighted by molar-refractivity contribution is 6.09. The first-order chi connectivity index (χ1) is 16.9. The molecule has 0 bridgehead atoms. The van der Waals surface area contributed by atoms with E-state index in [0.29, 0.717) is 34.5 Å². The van der Waals surface area contributed by atoms with Crippen LogP contribution in [0.4, 0.5) is 10.1 Å². The number of benzene rings is 3. The molecule has 2 aliphatic rings. The van der Waals surface area contributed by atoms with Crippen LogP contribution in [0.1, 0.15) is 22.0 Å². The Balaban J connectivity index is 1.38. The number of piperazine rings is 1. The van der Waals surface area contributed by atoms with Crippen LogP contribution in [0.2, 0.25) is 0 Å². The van der Waals surface area contributed by atoms with Gasteiger partial charge in [-0.3, -0.25) is 19.3 Å². The molecule has 3 aromatic rings. The van der Waals surface area contributed by atoms with Gasteiger partial charge in [-0.2, -0.15) is 0 Å². The molecule has 7 nitrogen and oxygen atoms in total. The Morgan fingerprint density at radius 3 is 2.49 bits per heavy atom. The number of carbonyl (C=O) groups excluding carboxylic acids is 3. The quantitative estimate of drug-likeness (QED) is 0.611. The van der Waals surface area contributed by atoms with Crippen LogP contribution in [0.5, 0.6) is 0 Å². The van der Waals surface area contributed by atoms with E-state index in [0.717, 1.165) is 0 Å². The summed E-state index contributed by atoms with van der Waals surface area (Å²) in [7, 11) is 0. The summed E-state index contributed by atoms with van der Waals surface area (Å²) in [6.45, 7) is 0.640. The van der Waals surface area contributed by atoms with Crippen molar-refractivity contribution >= 4 is 23.3 Å². The van der Waals surface area contributed by atoms with Crippen molar-refractivity contribution in [3.8, 4) is 11.1 Å². The van der Waals surface area contributed by atoms with Gasteiger partial charge in [-0.15, -0.1) is 0 Å². The van der Waals surface area contributed by atoms with Crippen LogP contribution in [0.3, 0.4) is 0 Å². The smallest absolute Gasteiger partial charge is 0.256 e. The lowest BCUT2D eigenvalue weighted by molar-refractivity contribution is -0.144. The first-order valence-corrected chi connectivity index (χ1v) is 11.4. The monoisotopic (exact) mass is 473 g/mol. The van der Waals surface area contributed by atoms with Crippen molar-refractivity contribution in [2.24, 2.45) is 0 Å². The molecule has 35 heavy (non-hydrogen) atoms. The van der Waals surface area contributed by atoms with Gasteiger partial charge in [0.2, 0.25) is 5.91 Å². The largest absolute Gasteiger partial charge is 0.378 e. The third-order valence-electron chi connectivity index (χ3n) is 6.56. The predicted octanol–water partition coefficient (Wildman–Crippen LogP) is 2.87. The summed E-state index contributed by atoms with van der Waals surface area (Å²) in [5.74, 6) is -1.42. The zero-order valence-corrected chi connectivity index (χ0v) is 18.9. The molecule has 0 aromatic heterocycles. The summed E-state index contributed by atoms with van der Waals surface area (Å²) in [6.07, 6.45) is -1.32. The highest BCUT2D eigenvalue weighted by Gasteiger charge is 2.39. The fourth-order valence-electron chi connectivity index (χ4n) is 4.64. The molecule has 0 radical (unpaired) electrons. The molecule has 178 valence electrons. The third kappa shape index (κ3) is 4.45. The maximum atomic E-state index is 14.3. The maximum Gasteiger partial charge on any atom is 0.256 e. The second kappa shape index (κ2) is 9.40. The van der Waals surface area contributed by atoms with E-state index < -0.39 is 23.9 Å². The Morgan fingerprint density at radius 2 is 1.71 bits per heavy atom. The Labute approximate surface area is 201 Å². The standard InChI is InChI=1S/C27H24FN3O4/c28-21-9-5-4-8-19(21)18-10-11-22-20(14-18)24(32)16-30-12-13-31(15-23(30)26(34)29-22)27(35)25(33)17-6-2-1-3-7-17/h1-11,14,23,25,33H,12-13,15-16H2,(H,29,34). The average molecular weight is 474 g/mol. The van der Waals surface area contributed by atoms with Crippen LogP contribution in [0.25, 0.3) is 11.1 Å². The van der Waals surface area contributed by atoms with E-state index in [9.17, 15) is 23.9 Å². The SMILES string of the molecule is O=C1CN2CCN(C(=O)C(O)c3ccccc3)CC2C(=O)Nc2ccc(-c3ccccc3F)cc21. The van der Waals surface area contributed by atoms with Crippen molar-refractivity contribution in [1.29, 1.82) is 0 Å². The zero-order chi connectivity index (χ0) is 24.5. The fraction of sp³-hybridized carbons (Fsp3) is 0.222. The summed E-state index contributed by atoms with van der Waals surface area (Å²) in [5.41, 5.74) is 2.07. The van der Waals surface area contributed by atoms with Gasteiger partial charge in [-0.05, 0) is 29.3 Å². The molecule has 0 saturated carbocycles. The molecule has 1 fully saturated rings. The molecule has 3 aromatic carbocycles. The van der Waals surface area contributed by atoms with Gasteiger partial charge in [0.25, 0.3) is 5.91 Å². The minimum Gasteiger partial charge on any atom is -0.378 e. The predicted molar refractivity (Wildman–Crippen MR) is 128 cm³/mol. The number of fused-ring (bicyclic) bond motifs is 2. The van der Waals surface area contributed by atoms with Crippen LogP contribution >= 0.6 is 0 Å². The average Bonchev–Trinajstić information content (AvgIpc) is 2.88. The molecule has 2 unspecified atom stereocenters. The second-order valence-electron chi connectivity index (χ2n) is 8.74. The molecule has 1 saturated heterocycles. The van der Waals surface area contributed by atoms with Gasteiger partial charge in [-0.1, -0.05) is 54.6 Å². The number of hydrogen-bond acceptors (Lipinski definition) is 5. The summed E-state index contributed by atoms with van der Waals surface area (Å²) in [4.78, 5) is 42.5. The van der Waals surface area contributed by atoms with E-state index in [4.69, 9.17) is 0 Å². The highest BCUT2D eigenvalue weighted by Crippen LogP contribution is 2.30. The summed E-state index contributed by atoms with van der Waals surface area (Å²) in [6, 6.07) is 19.1. The molecule has 0 spiro atoms. The molecule has 5 rings (SSSR count). The van der Waals surface area contributed by atoms with Crippen LogP contribution < -0.4 is 5.32 Å². The lowest BCUT2D eigenvalue weighted by atomic mass is 9.97. The number of halogens is 1. The Bertz CT molecular complexity index is 1300. The molecule has 2 aliphatic heterocycles. The zero-order valence-electron chi connectivity index (χ0n) is 18.9. The maximum absolute atomic E-state index is 14.3. The van der Waals surface area contributed by atoms with Gasteiger partial charge in [0, 0.05) is 30.8 Å². The molecule has 2 N–H and O–H groups in total. The third-order valence-corrected chi connectivity index (χ3v) is 6.56. The van der Waals surface area contributed by atoms with Crippen molar-refractivity contribution in [1.82, 2.24) is 9.80 Å². The topological polar surface area (TPSA) is 90.0 Å². The lowest BCUT2D eigenvalue weighted by Crippen LogP contribution is -2.61. The van der Waals surface area contributed by atoms with Crippen molar-refractivity contribution in [3.05, 3.63) is 89.7 Å². The first-order valence-electron chi connectivity index (χ1n) is 11.4. The number of aliphatic hydroxyl groups excluding tert-OH is 1. The number of Topliss-reactive ketones (excluding diaryl/α,β-unsaturated/α-hetero) is 1. The Morgan fingerprint density at radius 1 is 0.971 bits per heavy atom. The number of nitrogens with zero attached hydrogens (tertiary/aromatic N) is 2. The van der Waals surface area contributed by atoms with Gasteiger partial charge < -0.3 is 15.3 Å². The lowest BCUT2D eigenvalue weighted by Gasteiger charge is -2.41. The summed E-state index contributed by atoms with van der Waals surface area (Å²) < 4.78 is 14.3. The number of aliphatic hydroxyl groups is 1. The number of rotatable bonds is 3.